The maximum absolute atomic E-state index is 13.0. The average molecular weight is 557 g/mol. The smallest absolute Gasteiger partial charge is 0.371 e. The van der Waals surface area contributed by atoms with Crippen LogP contribution in [0.2, 0.25) is 0 Å². The number of nitrogens with zero attached hydrogens (tertiary/aromatic N) is 2. The molecule has 14 heteroatoms. The van der Waals surface area contributed by atoms with Crippen molar-refractivity contribution in [2.45, 2.75) is 25.1 Å². The molecule has 0 fully saturated rings. The van der Waals surface area contributed by atoms with Gasteiger partial charge in [-0.2, -0.15) is 13.6 Å². The molecule has 1 atom stereocenters. The van der Waals surface area contributed by atoms with E-state index in [0.717, 1.165) is 20.5 Å². The topological polar surface area (TPSA) is 141 Å². The molecular formula is C20H20N4O5S5. The van der Waals surface area contributed by atoms with Crippen LogP contribution in [0.15, 0.2) is 52.5 Å². The predicted molar refractivity (Wildman–Crippen MR) is 135 cm³/mol. The maximum Gasteiger partial charge on any atom is 0.380 e. The molecule has 0 aliphatic carbocycles. The van der Waals surface area contributed by atoms with E-state index in [4.69, 9.17) is 5.14 Å². The van der Waals surface area contributed by atoms with Gasteiger partial charge in [-0.3, -0.25) is 0 Å². The predicted octanol–water partition coefficient (Wildman–Crippen LogP) is 3.62. The second-order valence-electron chi connectivity index (χ2n) is 7.27. The molecule has 4 aromatic rings. The molecule has 3 N–H and O–H groups in total. The molecule has 9 nitrogen and oxygen atoms in total. The third-order valence-electron chi connectivity index (χ3n) is 4.51. The molecule has 3 aromatic heterocycles. The van der Waals surface area contributed by atoms with E-state index in [2.05, 4.69) is 18.9 Å². The molecule has 0 radical (unpaired) electrons. The number of nitrogens with one attached hydrogen (secondary N) is 1. The van der Waals surface area contributed by atoms with Crippen molar-refractivity contribution in [1.82, 2.24) is 14.7 Å². The zero-order valence-corrected chi connectivity index (χ0v) is 21.8. The van der Waals surface area contributed by atoms with Crippen molar-refractivity contribution in [3.8, 4) is 15.6 Å². The Morgan fingerprint density at radius 1 is 1.03 bits per heavy atom. The summed E-state index contributed by atoms with van der Waals surface area (Å²) in [6.07, 6.45) is 0.290. The third kappa shape index (κ3) is 6.91. The van der Waals surface area contributed by atoms with Crippen molar-refractivity contribution in [1.29, 1.82) is 0 Å². The molecule has 4 rings (SSSR count). The number of nitrogens with two attached hydrogens (primary N) is 1. The number of rotatable bonds is 10. The van der Waals surface area contributed by atoms with Gasteiger partial charge in [-0.15, -0.1) is 34.0 Å². The van der Waals surface area contributed by atoms with E-state index in [0.29, 0.717) is 17.8 Å². The number of aromatic nitrogens is 2. The lowest BCUT2D eigenvalue weighted by atomic mass is 10.0. The molecular weight excluding hydrogens is 537 g/mol. The van der Waals surface area contributed by atoms with E-state index in [1.54, 1.807) is 28.8 Å². The normalized spacial score (nSPS) is 13.1. The minimum atomic E-state index is -4.13. The summed E-state index contributed by atoms with van der Waals surface area (Å²) >= 11 is 4.39. The van der Waals surface area contributed by atoms with Gasteiger partial charge in [0.25, 0.3) is 0 Å². The maximum atomic E-state index is 13.0. The molecule has 0 aliphatic heterocycles. The van der Waals surface area contributed by atoms with Gasteiger partial charge in [0.05, 0.1) is 27.3 Å². The summed E-state index contributed by atoms with van der Waals surface area (Å²) in [6, 6.07) is 9.47. The highest BCUT2D eigenvalue weighted by molar-refractivity contribution is 7.88. The summed E-state index contributed by atoms with van der Waals surface area (Å²) < 4.78 is 55.6. The molecule has 0 aliphatic rings. The SMILES string of the molecule is Cc1nc(CS(=O)(=O)NC(Cc2ccc(OS(N)(=O)=O)cc2)c2csc(-c3cccs3)n2)cs1. The Morgan fingerprint density at radius 3 is 2.41 bits per heavy atom. The van der Waals surface area contributed by atoms with Crippen molar-refractivity contribution >= 4 is 54.3 Å². The first-order chi connectivity index (χ1) is 16.1. The van der Waals surface area contributed by atoms with Crippen LogP contribution in [0.5, 0.6) is 5.75 Å². The standard InChI is InChI=1S/C20H20N4O5S5/c1-13-22-15(10-31-13)12-33(25,26)24-17(18-11-32-20(23-18)19-3-2-8-30-19)9-14-4-6-16(7-5-14)29-34(21,27)28/h2-8,10-11,17,24H,9,12H2,1H3,(H2,21,27,28). The molecule has 0 amide bonds. The van der Waals surface area contributed by atoms with Crippen LogP contribution < -0.4 is 14.0 Å². The number of sulfonamides is 1. The first kappa shape index (κ1) is 24.9. The van der Waals surface area contributed by atoms with E-state index in [1.165, 1.54) is 34.8 Å². The molecule has 0 spiro atoms. The summed E-state index contributed by atoms with van der Waals surface area (Å²) in [7, 11) is -7.86. The summed E-state index contributed by atoms with van der Waals surface area (Å²) in [6.45, 7) is 1.82. The van der Waals surface area contributed by atoms with Crippen LogP contribution in [0.1, 0.15) is 28.0 Å². The molecule has 0 bridgehead atoms. The van der Waals surface area contributed by atoms with Gasteiger partial charge in [0.2, 0.25) is 10.0 Å². The first-order valence-corrected chi connectivity index (χ1v) is 15.5. The van der Waals surface area contributed by atoms with Gasteiger partial charge in [0.1, 0.15) is 16.5 Å². The summed E-state index contributed by atoms with van der Waals surface area (Å²) in [5.74, 6) is -0.174. The fourth-order valence-electron chi connectivity index (χ4n) is 3.14. The Bertz CT molecular complexity index is 1460. The lowest BCUT2D eigenvalue weighted by Crippen LogP contribution is -2.31. The van der Waals surface area contributed by atoms with Crippen LogP contribution in [-0.2, 0) is 32.5 Å². The third-order valence-corrected chi connectivity index (χ3v) is 8.98. The van der Waals surface area contributed by atoms with Crippen LogP contribution in [0.4, 0.5) is 0 Å². The van der Waals surface area contributed by atoms with Gasteiger partial charge in [-0.25, -0.2) is 23.1 Å². The summed E-state index contributed by atoms with van der Waals surface area (Å²) in [5.41, 5.74) is 1.83. The largest absolute Gasteiger partial charge is 0.380 e. The number of benzene rings is 1. The Labute approximate surface area is 209 Å². The zero-order valence-electron chi connectivity index (χ0n) is 17.7. The lowest BCUT2D eigenvalue weighted by Gasteiger charge is -2.17. The van der Waals surface area contributed by atoms with E-state index in [-0.39, 0.29) is 11.5 Å². The van der Waals surface area contributed by atoms with Gasteiger partial charge < -0.3 is 4.18 Å². The highest BCUT2D eigenvalue weighted by Gasteiger charge is 2.24. The fourth-order valence-corrected chi connectivity index (χ4v) is 7.19. The molecule has 180 valence electrons. The molecule has 1 unspecified atom stereocenters. The number of hydrogen-bond acceptors (Lipinski definition) is 10. The van der Waals surface area contributed by atoms with Gasteiger partial charge >= 0.3 is 10.3 Å². The number of hydrogen-bond donors (Lipinski definition) is 2. The van der Waals surface area contributed by atoms with E-state index in [1.807, 2.05) is 29.8 Å². The molecule has 34 heavy (non-hydrogen) atoms. The minimum absolute atomic E-state index is 0.0657. The van der Waals surface area contributed by atoms with E-state index < -0.39 is 26.4 Å². The highest BCUT2D eigenvalue weighted by atomic mass is 32.2. The molecule has 0 saturated heterocycles. The Hall–Kier alpha value is -2.20. The highest BCUT2D eigenvalue weighted by Crippen LogP contribution is 2.31. The fraction of sp³-hybridized carbons (Fsp3) is 0.200. The van der Waals surface area contributed by atoms with E-state index >= 15 is 0 Å². The van der Waals surface area contributed by atoms with Gasteiger partial charge in [0.15, 0.2) is 0 Å². The van der Waals surface area contributed by atoms with Crippen LogP contribution in [0.25, 0.3) is 9.88 Å². The second kappa shape index (κ2) is 10.2. The van der Waals surface area contributed by atoms with Crippen LogP contribution in [0.3, 0.4) is 0 Å². The molecule has 3 heterocycles. The molecule has 1 aromatic carbocycles. The molecule has 0 saturated carbocycles. The monoisotopic (exact) mass is 556 g/mol. The van der Waals surface area contributed by atoms with Crippen molar-refractivity contribution in [3.05, 3.63) is 74.5 Å². The average Bonchev–Trinajstić information content (AvgIpc) is 3.49. The number of aryl methyl sites for hydroxylation is 1. The van der Waals surface area contributed by atoms with Crippen molar-refractivity contribution in [2.75, 3.05) is 0 Å². The Balaban J connectivity index is 1.58. The van der Waals surface area contributed by atoms with Crippen LogP contribution in [0, 0.1) is 6.92 Å². The lowest BCUT2D eigenvalue weighted by molar-refractivity contribution is 0.487. The summed E-state index contributed by atoms with van der Waals surface area (Å²) in [4.78, 5) is 9.93. The van der Waals surface area contributed by atoms with Gasteiger partial charge in [-0.05, 0) is 42.5 Å². The Morgan fingerprint density at radius 2 is 1.79 bits per heavy atom. The van der Waals surface area contributed by atoms with Crippen LogP contribution in [-0.4, -0.2) is 26.8 Å². The van der Waals surface area contributed by atoms with Crippen molar-refractivity contribution in [3.63, 3.8) is 0 Å². The number of thiazole rings is 2. The minimum Gasteiger partial charge on any atom is -0.371 e. The second-order valence-corrected chi connectivity index (χ2v) is 13.0. The van der Waals surface area contributed by atoms with Crippen LogP contribution >= 0.6 is 34.0 Å². The van der Waals surface area contributed by atoms with E-state index in [9.17, 15) is 16.8 Å². The van der Waals surface area contributed by atoms with Crippen molar-refractivity contribution < 1.29 is 21.0 Å². The zero-order chi connectivity index (χ0) is 24.3. The summed E-state index contributed by atoms with van der Waals surface area (Å²) in [5, 5.41) is 12.0. The quantitative estimate of drug-likeness (QED) is 0.304. The van der Waals surface area contributed by atoms with Crippen molar-refractivity contribution in [2.24, 2.45) is 5.14 Å². The van der Waals surface area contributed by atoms with Gasteiger partial charge in [0, 0.05) is 10.8 Å². The number of thiophene rings is 1. The Kier molecular flexibility index (Phi) is 7.47. The first-order valence-electron chi connectivity index (χ1n) is 9.78. The van der Waals surface area contributed by atoms with Gasteiger partial charge in [-0.1, -0.05) is 18.2 Å².